The third-order valence-electron chi connectivity index (χ3n) is 1.96. The number of hydrogen-bond donors (Lipinski definition) is 1. The fraction of sp³-hybridized carbons (Fsp3) is 0.455. The maximum absolute atomic E-state index is 8.96. The highest BCUT2D eigenvalue weighted by atomic mass is 32.2. The quantitative estimate of drug-likeness (QED) is 0.755. The van der Waals surface area contributed by atoms with Crippen LogP contribution in [0.4, 0.5) is 0 Å². The van der Waals surface area contributed by atoms with Gasteiger partial charge in [-0.2, -0.15) is 11.8 Å². The lowest BCUT2D eigenvalue weighted by Crippen LogP contribution is -2.01. The van der Waals surface area contributed by atoms with E-state index < -0.39 is 0 Å². The number of ether oxygens (including phenoxy) is 2. The fourth-order valence-electron chi connectivity index (χ4n) is 1.16. The first-order chi connectivity index (χ1) is 7.31. The topological polar surface area (TPSA) is 38.7 Å². The normalized spacial score (nSPS) is 10.1. The van der Waals surface area contributed by atoms with Gasteiger partial charge in [0.25, 0.3) is 0 Å². The molecule has 0 unspecified atom stereocenters. The molecule has 0 aromatic heterocycles. The number of thioether (sulfide) groups is 1. The number of aliphatic hydroxyl groups is 1. The molecular formula is C11H16O3S. The van der Waals surface area contributed by atoms with Crippen LogP contribution in [-0.4, -0.2) is 30.8 Å². The van der Waals surface area contributed by atoms with Crippen LogP contribution in [0.2, 0.25) is 0 Å². The van der Waals surface area contributed by atoms with Crippen molar-refractivity contribution in [3.05, 3.63) is 23.8 Å². The molecule has 4 heteroatoms. The van der Waals surface area contributed by atoms with Crippen LogP contribution in [0.25, 0.3) is 0 Å². The Kier molecular flexibility index (Phi) is 5.36. The van der Waals surface area contributed by atoms with Crippen LogP contribution < -0.4 is 9.47 Å². The summed E-state index contributed by atoms with van der Waals surface area (Å²) in [5, 5.41) is 8.96. The molecule has 0 aliphatic heterocycles. The number of methoxy groups -OCH3 is 1. The van der Waals surface area contributed by atoms with Gasteiger partial charge in [0.15, 0.2) is 11.5 Å². The summed E-state index contributed by atoms with van der Waals surface area (Å²) in [6.07, 6.45) is 2.04. The molecule has 1 aromatic rings. The zero-order valence-corrected chi connectivity index (χ0v) is 9.84. The standard InChI is InChI=1S/C11H16O3S/c1-13-11-7-9(8-12)3-4-10(11)14-5-6-15-2/h3-4,7,12H,5-6,8H2,1-2H3. The molecule has 0 heterocycles. The summed E-state index contributed by atoms with van der Waals surface area (Å²) in [7, 11) is 1.60. The maximum Gasteiger partial charge on any atom is 0.161 e. The van der Waals surface area contributed by atoms with E-state index in [2.05, 4.69) is 0 Å². The molecule has 0 spiro atoms. The van der Waals surface area contributed by atoms with E-state index in [4.69, 9.17) is 14.6 Å². The summed E-state index contributed by atoms with van der Waals surface area (Å²) in [4.78, 5) is 0. The molecule has 3 nitrogen and oxygen atoms in total. The molecule has 15 heavy (non-hydrogen) atoms. The predicted octanol–water partition coefficient (Wildman–Crippen LogP) is 1.93. The predicted molar refractivity (Wildman–Crippen MR) is 62.8 cm³/mol. The Morgan fingerprint density at radius 3 is 2.73 bits per heavy atom. The average molecular weight is 228 g/mol. The van der Waals surface area contributed by atoms with Gasteiger partial charge in [0, 0.05) is 5.75 Å². The number of aliphatic hydroxyl groups excluding tert-OH is 1. The summed E-state index contributed by atoms with van der Waals surface area (Å²) in [6.45, 7) is 0.678. The number of rotatable bonds is 6. The smallest absolute Gasteiger partial charge is 0.161 e. The lowest BCUT2D eigenvalue weighted by molar-refractivity contribution is 0.279. The second-order valence-electron chi connectivity index (χ2n) is 2.98. The van der Waals surface area contributed by atoms with Gasteiger partial charge in [-0.25, -0.2) is 0 Å². The molecule has 0 saturated heterocycles. The minimum Gasteiger partial charge on any atom is -0.493 e. The first-order valence-electron chi connectivity index (χ1n) is 4.71. The highest BCUT2D eigenvalue weighted by Gasteiger charge is 2.04. The maximum atomic E-state index is 8.96. The SMILES string of the molecule is COc1cc(CO)ccc1OCCSC. The Labute approximate surface area is 94.4 Å². The first-order valence-corrected chi connectivity index (χ1v) is 6.10. The third kappa shape index (κ3) is 3.64. The highest BCUT2D eigenvalue weighted by molar-refractivity contribution is 7.98. The lowest BCUT2D eigenvalue weighted by Gasteiger charge is -2.11. The molecule has 1 rings (SSSR count). The summed E-state index contributed by atoms with van der Waals surface area (Å²) < 4.78 is 10.7. The van der Waals surface area contributed by atoms with E-state index >= 15 is 0 Å². The van der Waals surface area contributed by atoms with Crippen molar-refractivity contribution in [2.24, 2.45) is 0 Å². The van der Waals surface area contributed by atoms with Gasteiger partial charge in [-0.1, -0.05) is 6.07 Å². The zero-order chi connectivity index (χ0) is 11.1. The van der Waals surface area contributed by atoms with Gasteiger partial charge in [-0.15, -0.1) is 0 Å². The largest absolute Gasteiger partial charge is 0.493 e. The molecule has 0 amide bonds. The molecule has 0 aliphatic rings. The van der Waals surface area contributed by atoms with Crippen LogP contribution in [0.3, 0.4) is 0 Å². The Balaban J connectivity index is 2.69. The second kappa shape index (κ2) is 6.58. The third-order valence-corrected chi connectivity index (χ3v) is 2.53. The number of hydrogen-bond acceptors (Lipinski definition) is 4. The van der Waals surface area contributed by atoms with Crippen molar-refractivity contribution >= 4 is 11.8 Å². The molecule has 0 fully saturated rings. The summed E-state index contributed by atoms with van der Waals surface area (Å²) in [6, 6.07) is 5.44. The Morgan fingerprint density at radius 2 is 2.13 bits per heavy atom. The minimum absolute atomic E-state index is 0.0153. The highest BCUT2D eigenvalue weighted by Crippen LogP contribution is 2.28. The van der Waals surface area contributed by atoms with Crippen LogP contribution in [0.5, 0.6) is 11.5 Å². The van der Waals surface area contributed by atoms with Crippen molar-refractivity contribution in [1.29, 1.82) is 0 Å². The van der Waals surface area contributed by atoms with Crippen LogP contribution in [0.1, 0.15) is 5.56 Å². The molecule has 0 atom stereocenters. The Bertz CT molecular complexity index is 302. The van der Waals surface area contributed by atoms with E-state index in [1.807, 2.05) is 18.4 Å². The van der Waals surface area contributed by atoms with Crippen LogP contribution in [0, 0.1) is 0 Å². The van der Waals surface area contributed by atoms with Gasteiger partial charge in [0.05, 0.1) is 20.3 Å². The van der Waals surface area contributed by atoms with Gasteiger partial charge in [-0.05, 0) is 24.0 Å². The summed E-state index contributed by atoms with van der Waals surface area (Å²) in [5.74, 6) is 2.34. The van der Waals surface area contributed by atoms with E-state index in [9.17, 15) is 0 Å². The second-order valence-corrected chi connectivity index (χ2v) is 3.97. The molecule has 1 aromatic carbocycles. The Morgan fingerprint density at radius 1 is 1.33 bits per heavy atom. The summed E-state index contributed by atoms with van der Waals surface area (Å²) >= 11 is 1.74. The monoisotopic (exact) mass is 228 g/mol. The van der Waals surface area contributed by atoms with E-state index in [0.717, 1.165) is 17.1 Å². The van der Waals surface area contributed by atoms with Crippen molar-refractivity contribution in [3.63, 3.8) is 0 Å². The Hall–Kier alpha value is -0.870. The van der Waals surface area contributed by atoms with Crippen molar-refractivity contribution < 1.29 is 14.6 Å². The van der Waals surface area contributed by atoms with Crippen molar-refractivity contribution in [3.8, 4) is 11.5 Å². The minimum atomic E-state index is 0.0153. The zero-order valence-electron chi connectivity index (χ0n) is 9.03. The summed E-state index contributed by atoms with van der Waals surface area (Å²) in [5.41, 5.74) is 0.823. The van der Waals surface area contributed by atoms with Crippen molar-refractivity contribution in [2.45, 2.75) is 6.61 Å². The lowest BCUT2D eigenvalue weighted by atomic mass is 10.2. The van der Waals surface area contributed by atoms with Gasteiger partial charge >= 0.3 is 0 Å². The number of benzene rings is 1. The molecule has 0 aliphatic carbocycles. The van der Waals surface area contributed by atoms with Crippen LogP contribution in [-0.2, 0) is 6.61 Å². The molecule has 0 radical (unpaired) electrons. The first kappa shape index (κ1) is 12.2. The van der Waals surface area contributed by atoms with Crippen molar-refractivity contribution in [1.82, 2.24) is 0 Å². The fourth-order valence-corrected chi connectivity index (χ4v) is 1.41. The molecular weight excluding hydrogens is 212 g/mol. The van der Waals surface area contributed by atoms with Gasteiger partial charge < -0.3 is 14.6 Å². The van der Waals surface area contributed by atoms with Gasteiger partial charge in [-0.3, -0.25) is 0 Å². The molecule has 84 valence electrons. The molecule has 0 bridgehead atoms. The molecule has 0 saturated carbocycles. The van der Waals surface area contributed by atoms with Crippen molar-refractivity contribution in [2.75, 3.05) is 25.7 Å². The van der Waals surface area contributed by atoms with E-state index in [1.165, 1.54) is 0 Å². The van der Waals surface area contributed by atoms with Crippen LogP contribution >= 0.6 is 11.8 Å². The van der Waals surface area contributed by atoms with E-state index in [-0.39, 0.29) is 6.61 Å². The van der Waals surface area contributed by atoms with E-state index in [0.29, 0.717) is 12.4 Å². The van der Waals surface area contributed by atoms with E-state index in [1.54, 1.807) is 24.9 Å². The van der Waals surface area contributed by atoms with Crippen LogP contribution in [0.15, 0.2) is 18.2 Å². The average Bonchev–Trinajstić information content (AvgIpc) is 2.29. The molecule has 1 N–H and O–H groups in total. The van der Waals surface area contributed by atoms with Gasteiger partial charge in [0.2, 0.25) is 0 Å². The van der Waals surface area contributed by atoms with Gasteiger partial charge in [0.1, 0.15) is 0 Å².